The van der Waals surface area contributed by atoms with Gasteiger partial charge in [-0.2, -0.15) is 0 Å². The summed E-state index contributed by atoms with van der Waals surface area (Å²) in [5.74, 6) is -1.10. The third-order valence-electron chi connectivity index (χ3n) is 3.74. The molecule has 0 saturated carbocycles. The molecule has 126 valence electrons. The molecule has 0 aliphatic carbocycles. The first kappa shape index (κ1) is 16.7. The summed E-state index contributed by atoms with van der Waals surface area (Å²) in [4.78, 5) is 37.4. The summed E-state index contributed by atoms with van der Waals surface area (Å²) in [5, 5.41) is 2.43. The first-order valence-corrected chi connectivity index (χ1v) is 8.36. The number of hydrogen-bond acceptors (Lipinski definition) is 4. The van der Waals surface area contributed by atoms with Crippen molar-refractivity contribution in [2.45, 2.75) is 19.0 Å². The Kier molecular flexibility index (Phi) is 4.68. The van der Waals surface area contributed by atoms with Gasteiger partial charge in [-0.15, -0.1) is 0 Å². The van der Waals surface area contributed by atoms with Crippen molar-refractivity contribution < 1.29 is 14.0 Å². The number of nitrogens with zero attached hydrogens (tertiary/aromatic N) is 1. The standard InChI is InChI=1S/C15H13ClFN3O3S/c16-11-12(24-19-13(11)21)14(22)18-10-5-6-20(15(10)23)7-8-1-3-9(17)4-2-8/h1-4,10H,5-7H2,(H,18,22)(H,19,21). The molecular weight excluding hydrogens is 357 g/mol. The summed E-state index contributed by atoms with van der Waals surface area (Å²) in [7, 11) is 0. The monoisotopic (exact) mass is 369 g/mol. The van der Waals surface area contributed by atoms with Gasteiger partial charge in [-0.25, -0.2) is 4.39 Å². The first-order valence-electron chi connectivity index (χ1n) is 7.17. The van der Waals surface area contributed by atoms with Crippen molar-refractivity contribution >= 4 is 34.9 Å². The van der Waals surface area contributed by atoms with E-state index in [1.165, 1.54) is 12.1 Å². The van der Waals surface area contributed by atoms with E-state index in [4.69, 9.17) is 11.6 Å². The molecule has 1 saturated heterocycles. The molecule has 6 nitrogen and oxygen atoms in total. The minimum atomic E-state index is -0.661. The Morgan fingerprint density at radius 3 is 2.71 bits per heavy atom. The van der Waals surface area contributed by atoms with E-state index in [0.717, 1.165) is 17.1 Å². The van der Waals surface area contributed by atoms with Crippen LogP contribution in [0.4, 0.5) is 4.39 Å². The summed E-state index contributed by atoms with van der Waals surface area (Å²) >= 11 is 6.59. The molecule has 1 aliphatic rings. The second kappa shape index (κ2) is 6.74. The minimum absolute atomic E-state index is 0.0615. The van der Waals surface area contributed by atoms with Crippen molar-refractivity contribution in [1.29, 1.82) is 0 Å². The van der Waals surface area contributed by atoms with Gasteiger partial charge in [0.15, 0.2) is 0 Å². The summed E-state index contributed by atoms with van der Waals surface area (Å²) in [6.45, 7) is 0.835. The van der Waals surface area contributed by atoms with Crippen molar-refractivity contribution in [3.05, 3.63) is 55.9 Å². The van der Waals surface area contributed by atoms with Crippen LogP contribution in [0.15, 0.2) is 29.1 Å². The molecule has 9 heteroatoms. The highest BCUT2D eigenvalue weighted by Gasteiger charge is 2.33. The van der Waals surface area contributed by atoms with Crippen LogP contribution in [0.5, 0.6) is 0 Å². The first-order chi connectivity index (χ1) is 11.5. The van der Waals surface area contributed by atoms with Crippen LogP contribution >= 0.6 is 23.1 Å². The molecule has 1 aromatic carbocycles. The fraction of sp³-hybridized carbons (Fsp3) is 0.267. The normalized spacial score (nSPS) is 17.3. The van der Waals surface area contributed by atoms with Crippen LogP contribution < -0.4 is 10.9 Å². The molecule has 1 aliphatic heterocycles. The van der Waals surface area contributed by atoms with Gasteiger partial charge in [0.25, 0.3) is 11.5 Å². The SMILES string of the molecule is O=C(NC1CCN(Cc2ccc(F)cc2)C1=O)c1s[nH]c(=O)c1Cl. The number of aromatic amines is 1. The fourth-order valence-electron chi connectivity index (χ4n) is 2.50. The van der Waals surface area contributed by atoms with Gasteiger partial charge in [0.1, 0.15) is 21.8 Å². The van der Waals surface area contributed by atoms with Crippen molar-refractivity contribution in [1.82, 2.24) is 14.6 Å². The van der Waals surface area contributed by atoms with E-state index in [-0.39, 0.29) is 21.6 Å². The average Bonchev–Trinajstić information content (AvgIpc) is 3.07. The van der Waals surface area contributed by atoms with E-state index in [1.54, 1.807) is 17.0 Å². The smallest absolute Gasteiger partial charge is 0.277 e. The maximum absolute atomic E-state index is 12.9. The topological polar surface area (TPSA) is 82.3 Å². The zero-order valence-electron chi connectivity index (χ0n) is 12.3. The van der Waals surface area contributed by atoms with Crippen LogP contribution in [0.1, 0.15) is 21.7 Å². The predicted molar refractivity (Wildman–Crippen MR) is 87.6 cm³/mol. The van der Waals surface area contributed by atoms with Crippen LogP contribution in [0, 0.1) is 5.82 Å². The summed E-state index contributed by atoms with van der Waals surface area (Å²) in [6, 6.07) is 5.25. The lowest BCUT2D eigenvalue weighted by molar-refractivity contribution is -0.129. The molecular formula is C15H13ClFN3O3S. The second-order valence-electron chi connectivity index (χ2n) is 5.38. The molecule has 0 bridgehead atoms. The molecule has 1 aromatic heterocycles. The molecule has 1 unspecified atom stereocenters. The van der Waals surface area contributed by atoms with E-state index >= 15 is 0 Å². The predicted octanol–water partition coefficient (Wildman–Crippen LogP) is 1.76. The lowest BCUT2D eigenvalue weighted by Gasteiger charge is -2.17. The van der Waals surface area contributed by atoms with Gasteiger partial charge in [0.2, 0.25) is 5.91 Å². The molecule has 2 heterocycles. The highest BCUT2D eigenvalue weighted by molar-refractivity contribution is 7.08. The number of rotatable bonds is 4. The van der Waals surface area contributed by atoms with Crippen LogP contribution in [0.2, 0.25) is 5.02 Å². The van der Waals surface area contributed by atoms with Gasteiger partial charge in [-0.3, -0.25) is 18.8 Å². The Morgan fingerprint density at radius 2 is 2.08 bits per heavy atom. The van der Waals surface area contributed by atoms with E-state index < -0.39 is 17.5 Å². The maximum Gasteiger partial charge on any atom is 0.277 e. The Balaban J connectivity index is 1.63. The number of hydrogen-bond donors (Lipinski definition) is 2. The highest BCUT2D eigenvalue weighted by Crippen LogP contribution is 2.18. The Bertz CT molecular complexity index is 833. The van der Waals surface area contributed by atoms with E-state index in [1.807, 2.05) is 0 Å². The number of amides is 2. The van der Waals surface area contributed by atoms with E-state index in [2.05, 4.69) is 9.69 Å². The number of nitrogens with one attached hydrogen (secondary N) is 2. The minimum Gasteiger partial charge on any atom is -0.339 e. The molecule has 24 heavy (non-hydrogen) atoms. The highest BCUT2D eigenvalue weighted by atomic mass is 35.5. The van der Waals surface area contributed by atoms with Gasteiger partial charge in [0.05, 0.1) is 0 Å². The Hall–Kier alpha value is -2.19. The number of likely N-dealkylation sites (tertiary alicyclic amines) is 1. The van der Waals surface area contributed by atoms with Gasteiger partial charge in [0, 0.05) is 13.1 Å². The molecule has 1 atom stereocenters. The lowest BCUT2D eigenvalue weighted by Crippen LogP contribution is -2.41. The van der Waals surface area contributed by atoms with Crippen molar-refractivity contribution in [3.8, 4) is 0 Å². The molecule has 1 fully saturated rings. The quantitative estimate of drug-likeness (QED) is 0.861. The van der Waals surface area contributed by atoms with E-state index in [0.29, 0.717) is 19.5 Å². The largest absolute Gasteiger partial charge is 0.339 e. The lowest BCUT2D eigenvalue weighted by atomic mass is 10.2. The molecule has 3 rings (SSSR count). The maximum atomic E-state index is 12.9. The number of aromatic nitrogens is 1. The van der Waals surface area contributed by atoms with Crippen molar-refractivity contribution in [3.63, 3.8) is 0 Å². The number of carbonyl (C=O) groups is 2. The fourth-order valence-corrected chi connectivity index (χ4v) is 3.44. The van der Waals surface area contributed by atoms with E-state index in [9.17, 15) is 18.8 Å². The van der Waals surface area contributed by atoms with Crippen LogP contribution in [-0.4, -0.2) is 33.7 Å². The van der Waals surface area contributed by atoms with Gasteiger partial charge in [-0.1, -0.05) is 35.3 Å². The van der Waals surface area contributed by atoms with Crippen LogP contribution in [0.3, 0.4) is 0 Å². The second-order valence-corrected chi connectivity index (χ2v) is 6.57. The summed E-state index contributed by atoms with van der Waals surface area (Å²) in [6.07, 6.45) is 0.461. The molecule has 2 N–H and O–H groups in total. The van der Waals surface area contributed by atoms with Gasteiger partial charge < -0.3 is 10.2 Å². The van der Waals surface area contributed by atoms with Gasteiger partial charge >= 0.3 is 0 Å². The number of halogens is 2. The average molecular weight is 370 g/mol. The zero-order chi connectivity index (χ0) is 17.3. The van der Waals surface area contributed by atoms with Crippen LogP contribution in [-0.2, 0) is 11.3 Å². The van der Waals surface area contributed by atoms with Crippen LogP contribution in [0.25, 0.3) is 0 Å². The van der Waals surface area contributed by atoms with Crippen molar-refractivity contribution in [2.24, 2.45) is 0 Å². The zero-order valence-corrected chi connectivity index (χ0v) is 13.9. The molecule has 0 radical (unpaired) electrons. The third kappa shape index (κ3) is 3.34. The number of H-pyrrole nitrogens is 1. The Morgan fingerprint density at radius 1 is 1.38 bits per heavy atom. The molecule has 2 amide bonds. The Labute approximate surface area is 145 Å². The molecule has 2 aromatic rings. The van der Waals surface area contributed by atoms with Gasteiger partial charge in [-0.05, 0) is 24.1 Å². The third-order valence-corrected chi connectivity index (χ3v) is 5.09. The number of benzene rings is 1. The number of carbonyl (C=O) groups excluding carboxylic acids is 2. The molecule has 0 spiro atoms. The summed E-state index contributed by atoms with van der Waals surface area (Å²) in [5.41, 5.74) is 0.283. The summed E-state index contributed by atoms with van der Waals surface area (Å²) < 4.78 is 15.3. The van der Waals surface area contributed by atoms with Crippen molar-refractivity contribution in [2.75, 3.05) is 6.54 Å².